The zero-order valence-corrected chi connectivity index (χ0v) is 22.0. The number of nitrogen functional groups attached to an aromatic ring is 1. The van der Waals surface area contributed by atoms with Gasteiger partial charge in [0.2, 0.25) is 5.95 Å². The fourth-order valence-corrected chi connectivity index (χ4v) is 5.09. The number of rotatable bonds is 5. The number of pyridine rings is 1. The molecule has 0 aromatic carbocycles. The van der Waals surface area contributed by atoms with Crippen molar-refractivity contribution < 1.29 is 22.3 Å². The van der Waals surface area contributed by atoms with Crippen molar-refractivity contribution in [2.75, 3.05) is 44.4 Å². The molecule has 2 saturated heterocycles. The van der Waals surface area contributed by atoms with Crippen LogP contribution in [0.5, 0.6) is 0 Å². The molecule has 0 amide bonds. The number of likely N-dealkylation sites (tertiary alicyclic amines) is 1. The van der Waals surface area contributed by atoms with E-state index >= 15 is 0 Å². The molecule has 14 heteroatoms. The van der Waals surface area contributed by atoms with Gasteiger partial charge in [-0.3, -0.25) is 4.90 Å². The van der Waals surface area contributed by atoms with E-state index < -0.39 is 25.0 Å². The quantitative estimate of drug-likeness (QED) is 0.363. The summed E-state index contributed by atoms with van der Waals surface area (Å²) in [5.74, 6) is 0.113. The molecule has 4 aromatic rings. The van der Waals surface area contributed by atoms with E-state index in [1.165, 1.54) is 9.08 Å². The normalized spacial score (nSPS) is 19.2. The summed E-state index contributed by atoms with van der Waals surface area (Å²) in [6, 6.07) is 3.20. The van der Waals surface area contributed by atoms with Gasteiger partial charge in [-0.05, 0) is 45.4 Å². The highest BCUT2D eigenvalue weighted by Crippen LogP contribution is 2.33. The maximum atomic E-state index is 14.7. The number of hydrogen-bond acceptors (Lipinski definition) is 8. The van der Waals surface area contributed by atoms with Crippen molar-refractivity contribution in [1.29, 1.82) is 0 Å². The first-order valence-electron chi connectivity index (χ1n) is 12.7. The van der Waals surface area contributed by atoms with Gasteiger partial charge in [0, 0.05) is 13.6 Å². The molecule has 0 unspecified atom stereocenters. The largest absolute Gasteiger partial charge is 0.377 e. The van der Waals surface area contributed by atoms with E-state index in [1.54, 1.807) is 26.1 Å². The zero-order valence-electron chi connectivity index (χ0n) is 22.0. The van der Waals surface area contributed by atoms with Crippen molar-refractivity contribution in [2.24, 2.45) is 0 Å². The standard InChI is InChI=1S/C16H15F3N8.C9H16FNO/c1-7-22-10-4-3-9(23-15(10)26(7)6-11(18)19)12-8(17)5-27-13(12)14(21-2)24-16(20)25-27;1-9(6-12-7-9)11-4-2-3-8(10)5-11/h3-5,11H,6H2,1-2H3,(H3,20,21,24,25);8H,2-7H2,1H3/t;8-/m.1/s1. The van der Waals surface area contributed by atoms with Gasteiger partial charge in [0.25, 0.3) is 6.43 Å². The molecule has 0 radical (unpaired) electrons. The van der Waals surface area contributed by atoms with Crippen LogP contribution in [0.3, 0.4) is 0 Å². The van der Waals surface area contributed by atoms with Crippen LogP contribution in [0.25, 0.3) is 27.9 Å². The molecule has 0 aliphatic carbocycles. The molecule has 0 saturated carbocycles. The molecule has 0 spiro atoms. The van der Waals surface area contributed by atoms with E-state index in [4.69, 9.17) is 10.5 Å². The van der Waals surface area contributed by atoms with Gasteiger partial charge in [0.15, 0.2) is 17.3 Å². The van der Waals surface area contributed by atoms with Crippen LogP contribution in [0, 0.1) is 12.7 Å². The highest BCUT2D eigenvalue weighted by Gasteiger charge is 2.41. The number of alkyl halides is 3. The van der Waals surface area contributed by atoms with Crippen molar-refractivity contribution in [3.63, 3.8) is 0 Å². The van der Waals surface area contributed by atoms with Crippen LogP contribution in [-0.2, 0) is 11.3 Å². The predicted molar refractivity (Wildman–Crippen MR) is 139 cm³/mol. The van der Waals surface area contributed by atoms with E-state index in [9.17, 15) is 17.6 Å². The number of ether oxygens (including phenoxy) is 1. The third kappa shape index (κ3) is 5.22. The number of piperidine rings is 1. The first kappa shape index (κ1) is 27.1. The summed E-state index contributed by atoms with van der Waals surface area (Å²) >= 11 is 0. The number of fused-ring (bicyclic) bond motifs is 2. The lowest BCUT2D eigenvalue weighted by atomic mass is 9.94. The first-order valence-corrected chi connectivity index (χ1v) is 12.7. The van der Waals surface area contributed by atoms with E-state index in [0.717, 1.165) is 38.8 Å². The van der Waals surface area contributed by atoms with Crippen LogP contribution in [0.2, 0.25) is 0 Å². The Morgan fingerprint density at radius 3 is 2.64 bits per heavy atom. The molecular formula is C25H31F4N9O. The van der Waals surface area contributed by atoms with E-state index in [1.807, 2.05) is 0 Å². The number of nitrogens with two attached hydrogens (primary N) is 1. The van der Waals surface area contributed by atoms with Crippen molar-refractivity contribution in [3.05, 3.63) is 30.0 Å². The molecule has 10 nitrogen and oxygen atoms in total. The van der Waals surface area contributed by atoms with Gasteiger partial charge in [-0.15, -0.1) is 5.10 Å². The third-order valence-corrected chi connectivity index (χ3v) is 7.15. The lowest BCUT2D eigenvalue weighted by Crippen LogP contribution is -2.62. The highest BCUT2D eigenvalue weighted by molar-refractivity contribution is 5.89. The van der Waals surface area contributed by atoms with Crippen molar-refractivity contribution in [2.45, 2.75) is 51.4 Å². The maximum absolute atomic E-state index is 14.7. The topological polar surface area (TPSA) is 111 Å². The number of imidazole rings is 1. The Kier molecular flexibility index (Phi) is 7.33. The third-order valence-electron chi connectivity index (χ3n) is 7.15. The Hall–Kier alpha value is -3.52. The second-order valence-corrected chi connectivity index (χ2v) is 10.1. The summed E-state index contributed by atoms with van der Waals surface area (Å²) in [6.45, 7) is 6.45. The molecular weight excluding hydrogens is 518 g/mol. The van der Waals surface area contributed by atoms with Crippen LogP contribution in [-0.4, -0.2) is 85.5 Å². The molecule has 1 atom stereocenters. The molecule has 4 aromatic heterocycles. The average Bonchev–Trinajstić information content (AvgIpc) is 3.36. The van der Waals surface area contributed by atoms with E-state index in [0.29, 0.717) is 29.2 Å². The highest BCUT2D eigenvalue weighted by atomic mass is 19.3. The summed E-state index contributed by atoms with van der Waals surface area (Å²) in [4.78, 5) is 14.9. The summed E-state index contributed by atoms with van der Waals surface area (Å²) in [5, 5.41) is 6.82. The molecule has 210 valence electrons. The zero-order chi connectivity index (χ0) is 27.9. The predicted octanol–water partition coefficient (Wildman–Crippen LogP) is 3.69. The summed E-state index contributed by atoms with van der Waals surface area (Å²) in [7, 11) is 1.62. The molecule has 2 aliphatic rings. The fraction of sp³-hybridized carbons (Fsp3) is 0.520. The molecule has 2 fully saturated rings. The van der Waals surface area contributed by atoms with Gasteiger partial charge in [-0.25, -0.2) is 32.0 Å². The number of hydrogen-bond donors (Lipinski definition) is 2. The van der Waals surface area contributed by atoms with Crippen molar-refractivity contribution in [3.8, 4) is 11.3 Å². The van der Waals surface area contributed by atoms with Gasteiger partial charge in [0.1, 0.15) is 23.0 Å². The monoisotopic (exact) mass is 549 g/mol. The SMILES string of the molecule is CC1(N2CCC[C@@H](F)C2)COC1.CNc1nc(N)nn2cc(F)c(-c3ccc4nc(C)n(CC(F)F)c4n3)c12. The number of nitrogens with one attached hydrogen (secondary N) is 1. The minimum absolute atomic E-state index is 0.0255. The van der Waals surface area contributed by atoms with E-state index in [2.05, 4.69) is 37.2 Å². The van der Waals surface area contributed by atoms with Gasteiger partial charge >= 0.3 is 0 Å². The second-order valence-electron chi connectivity index (χ2n) is 10.1. The van der Waals surface area contributed by atoms with Gasteiger partial charge in [-0.2, -0.15) is 4.98 Å². The van der Waals surface area contributed by atoms with Gasteiger partial charge < -0.3 is 20.4 Å². The maximum Gasteiger partial charge on any atom is 0.256 e. The number of aromatic nitrogens is 6. The first-order chi connectivity index (χ1) is 18.6. The van der Waals surface area contributed by atoms with Crippen molar-refractivity contribution in [1.82, 2.24) is 34.0 Å². The van der Waals surface area contributed by atoms with Gasteiger partial charge in [0.05, 0.1) is 42.8 Å². The summed E-state index contributed by atoms with van der Waals surface area (Å²) in [6.07, 6.45) is -0.275. The molecule has 2 aliphatic heterocycles. The molecule has 3 N–H and O–H groups in total. The Labute approximate surface area is 222 Å². The number of halogens is 4. The molecule has 39 heavy (non-hydrogen) atoms. The average molecular weight is 550 g/mol. The van der Waals surface area contributed by atoms with E-state index in [-0.39, 0.29) is 28.4 Å². The van der Waals surface area contributed by atoms with Crippen molar-refractivity contribution >= 4 is 28.4 Å². The second kappa shape index (κ2) is 10.6. The smallest absolute Gasteiger partial charge is 0.256 e. The minimum atomic E-state index is -2.56. The molecule has 6 rings (SSSR count). The Balaban J connectivity index is 0.000000214. The lowest BCUT2D eigenvalue weighted by Gasteiger charge is -2.49. The minimum Gasteiger partial charge on any atom is -0.377 e. The van der Waals surface area contributed by atoms with Crippen LogP contribution in [0.1, 0.15) is 25.6 Å². The Morgan fingerprint density at radius 2 is 2.00 bits per heavy atom. The van der Waals surface area contributed by atoms with Crippen LogP contribution in [0.4, 0.5) is 29.3 Å². The van der Waals surface area contributed by atoms with Crippen LogP contribution < -0.4 is 11.1 Å². The number of anilines is 2. The Morgan fingerprint density at radius 1 is 1.23 bits per heavy atom. The summed E-state index contributed by atoms with van der Waals surface area (Å²) < 4.78 is 61.3. The fourth-order valence-electron chi connectivity index (χ4n) is 5.09. The van der Waals surface area contributed by atoms with Crippen LogP contribution in [0.15, 0.2) is 18.3 Å². The number of nitrogens with zero attached hydrogens (tertiary/aromatic N) is 7. The number of aryl methyl sites for hydroxylation is 1. The van der Waals surface area contributed by atoms with Crippen LogP contribution >= 0.6 is 0 Å². The Bertz CT molecular complexity index is 1480. The summed E-state index contributed by atoms with van der Waals surface area (Å²) in [5.41, 5.74) is 7.23. The van der Waals surface area contributed by atoms with Gasteiger partial charge in [-0.1, -0.05) is 0 Å². The molecule has 6 heterocycles. The molecule has 0 bridgehead atoms. The lowest BCUT2D eigenvalue weighted by molar-refractivity contribution is -0.141.